The molecule has 23 heavy (non-hydrogen) atoms. The van der Waals surface area contributed by atoms with Gasteiger partial charge in [-0.1, -0.05) is 6.07 Å². The van der Waals surface area contributed by atoms with E-state index in [0.717, 1.165) is 0 Å². The summed E-state index contributed by atoms with van der Waals surface area (Å²) >= 11 is 0. The Morgan fingerprint density at radius 1 is 1.30 bits per heavy atom. The highest BCUT2D eigenvalue weighted by atomic mass is 16.6. The van der Waals surface area contributed by atoms with Crippen LogP contribution in [0.15, 0.2) is 53.1 Å². The summed E-state index contributed by atoms with van der Waals surface area (Å²) in [7, 11) is 1.25. The standard InChI is InChI=1S/C15H11N3O5/c1-22-15(19)13-9-12(14-6-3-7-23-14)16-17(13)10-4-2-5-11(8-10)18(20)21/h2-9H,1H3. The Bertz CT molecular complexity index is 867. The summed E-state index contributed by atoms with van der Waals surface area (Å²) < 4.78 is 11.3. The summed E-state index contributed by atoms with van der Waals surface area (Å²) in [5, 5.41) is 15.2. The van der Waals surface area contributed by atoms with Gasteiger partial charge in [0, 0.05) is 18.2 Å². The van der Waals surface area contributed by atoms with Crippen LogP contribution in [0.25, 0.3) is 17.1 Å². The van der Waals surface area contributed by atoms with Gasteiger partial charge in [-0.25, -0.2) is 9.48 Å². The highest BCUT2D eigenvalue weighted by Gasteiger charge is 2.20. The van der Waals surface area contributed by atoms with E-state index in [1.54, 1.807) is 18.2 Å². The van der Waals surface area contributed by atoms with E-state index < -0.39 is 10.9 Å². The summed E-state index contributed by atoms with van der Waals surface area (Å²) in [6, 6.07) is 10.7. The van der Waals surface area contributed by atoms with Crippen molar-refractivity contribution in [3.8, 4) is 17.1 Å². The third-order valence-corrected chi connectivity index (χ3v) is 3.16. The monoisotopic (exact) mass is 313 g/mol. The zero-order chi connectivity index (χ0) is 16.4. The largest absolute Gasteiger partial charge is 0.464 e. The van der Waals surface area contributed by atoms with Gasteiger partial charge < -0.3 is 9.15 Å². The van der Waals surface area contributed by atoms with Crippen LogP contribution in [0.1, 0.15) is 10.5 Å². The number of nitro groups is 1. The molecule has 3 aromatic rings. The van der Waals surface area contributed by atoms with Crippen LogP contribution in [0, 0.1) is 10.1 Å². The molecule has 0 saturated heterocycles. The van der Waals surface area contributed by atoms with Crippen LogP contribution in [-0.2, 0) is 4.74 Å². The average Bonchev–Trinajstić information content (AvgIpc) is 3.23. The summed E-state index contributed by atoms with van der Waals surface area (Å²) in [6.07, 6.45) is 1.49. The molecule has 0 amide bonds. The maximum absolute atomic E-state index is 12.0. The third-order valence-electron chi connectivity index (χ3n) is 3.16. The van der Waals surface area contributed by atoms with Gasteiger partial charge in [0.25, 0.3) is 5.69 Å². The van der Waals surface area contributed by atoms with E-state index in [4.69, 9.17) is 9.15 Å². The van der Waals surface area contributed by atoms with Crippen molar-refractivity contribution in [3.63, 3.8) is 0 Å². The molecule has 0 aliphatic carbocycles. The van der Waals surface area contributed by atoms with Crippen molar-refractivity contribution < 1.29 is 18.9 Å². The molecule has 0 bridgehead atoms. The van der Waals surface area contributed by atoms with E-state index in [-0.39, 0.29) is 11.4 Å². The molecular weight excluding hydrogens is 302 g/mol. The second-order valence-corrected chi connectivity index (χ2v) is 4.57. The van der Waals surface area contributed by atoms with Gasteiger partial charge in [0.15, 0.2) is 11.5 Å². The summed E-state index contributed by atoms with van der Waals surface area (Å²) in [5.74, 6) is -0.138. The molecule has 0 radical (unpaired) electrons. The molecule has 2 aromatic heterocycles. The van der Waals surface area contributed by atoms with Crippen LogP contribution in [0.5, 0.6) is 0 Å². The first-order valence-electron chi connectivity index (χ1n) is 6.57. The lowest BCUT2D eigenvalue weighted by Gasteiger charge is -2.05. The number of furan rings is 1. The van der Waals surface area contributed by atoms with Crippen molar-refractivity contribution in [2.24, 2.45) is 0 Å². The second-order valence-electron chi connectivity index (χ2n) is 4.57. The molecule has 8 heteroatoms. The fourth-order valence-corrected chi connectivity index (χ4v) is 2.11. The predicted molar refractivity (Wildman–Crippen MR) is 79.3 cm³/mol. The van der Waals surface area contributed by atoms with Gasteiger partial charge in [-0.2, -0.15) is 5.10 Å². The van der Waals surface area contributed by atoms with Crippen LogP contribution in [0.2, 0.25) is 0 Å². The van der Waals surface area contributed by atoms with E-state index in [9.17, 15) is 14.9 Å². The number of benzene rings is 1. The number of nitro benzene ring substituents is 1. The maximum Gasteiger partial charge on any atom is 0.356 e. The molecular formula is C15H11N3O5. The zero-order valence-electron chi connectivity index (χ0n) is 12.0. The molecule has 0 atom stereocenters. The number of rotatable bonds is 4. The first-order chi connectivity index (χ1) is 11.1. The minimum absolute atomic E-state index is 0.103. The van der Waals surface area contributed by atoms with Gasteiger partial charge in [0.05, 0.1) is 24.0 Å². The molecule has 8 nitrogen and oxygen atoms in total. The number of nitrogens with zero attached hydrogens (tertiary/aromatic N) is 3. The maximum atomic E-state index is 12.0. The number of carbonyl (C=O) groups is 1. The van der Waals surface area contributed by atoms with E-state index in [2.05, 4.69) is 5.10 Å². The van der Waals surface area contributed by atoms with Crippen LogP contribution < -0.4 is 0 Å². The van der Waals surface area contributed by atoms with Gasteiger partial charge >= 0.3 is 5.97 Å². The Morgan fingerprint density at radius 2 is 2.13 bits per heavy atom. The number of carbonyl (C=O) groups excluding carboxylic acids is 1. The number of esters is 1. The zero-order valence-corrected chi connectivity index (χ0v) is 12.0. The molecule has 3 rings (SSSR count). The lowest BCUT2D eigenvalue weighted by atomic mass is 10.2. The van der Waals surface area contributed by atoms with Crippen molar-refractivity contribution in [3.05, 3.63) is 64.5 Å². The average molecular weight is 313 g/mol. The minimum atomic E-state index is -0.609. The first-order valence-corrected chi connectivity index (χ1v) is 6.57. The van der Waals surface area contributed by atoms with Crippen molar-refractivity contribution in [2.75, 3.05) is 7.11 Å². The molecule has 0 aliphatic heterocycles. The Hall–Kier alpha value is -3.42. The minimum Gasteiger partial charge on any atom is -0.464 e. The lowest BCUT2D eigenvalue weighted by molar-refractivity contribution is -0.384. The molecule has 0 N–H and O–H groups in total. The van der Waals surface area contributed by atoms with Crippen molar-refractivity contribution in [2.45, 2.75) is 0 Å². The topological polar surface area (TPSA) is 100 Å². The van der Waals surface area contributed by atoms with Crippen LogP contribution in [-0.4, -0.2) is 27.8 Å². The fraction of sp³-hybridized carbons (Fsp3) is 0.0667. The van der Waals surface area contributed by atoms with Crippen molar-refractivity contribution in [1.82, 2.24) is 9.78 Å². The molecule has 0 aliphatic rings. The van der Waals surface area contributed by atoms with E-state index >= 15 is 0 Å². The van der Waals surface area contributed by atoms with Gasteiger partial charge in [0.2, 0.25) is 0 Å². The number of non-ortho nitro benzene ring substituents is 1. The molecule has 0 spiro atoms. The second kappa shape index (κ2) is 5.76. The van der Waals surface area contributed by atoms with Gasteiger partial charge in [0.1, 0.15) is 5.69 Å². The lowest BCUT2D eigenvalue weighted by Crippen LogP contribution is -2.10. The SMILES string of the molecule is COC(=O)c1cc(-c2ccco2)nn1-c1cccc([N+](=O)[O-])c1. The number of hydrogen-bond acceptors (Lipinski definition) is 6. The molecule has 1 aromatic carbocycles. The molecule has 0 saturated carbocycles. The van der Waals surface area contributed by atoms with Gasteiger partial charge in [-0.3, -0.25) is 10.1 Å². The van der Waals surface area contributed by atoms with Crippen LogP contribution in [0.4, 0.5) is 5.69 Å². The number of ether oxygens (including phenoxy) is 1. The smallest absolute Gasteiger partial charge is 0.356 e. The molecule has 116 valence electrons. The van der Waals surface area contributed by atoms with Crippen LogP contribution >= 0.6 is 0 Å². The Morgan fingerprint density at radius 3 is 2.78 bits per heavy atom. The summed E-state index contributed by atoms with van der Waals surface area (Å²) in [6.45, 7) is 0. The molecule has 2 heterocycles. The number of aromatic nitrogens is 2. The van der Waals surface area contributed by atoms with Gasteiger partial charge in [-0.05, 0) is 18.2 Å². The molecule has 0 unspecified atom stereocenters. The number of hydrogen-bond donors (Lipinski definition) is 0. The Labute approximate surface area is 130 Å². The van der Waals surface area contributed by atoms with E-state index in [0.29, 0.717) is 17.1 Å². The summed E-state index contributed by atoms with van der Waals surface area (Å²) in [5.41, 5.74) is 0.826. The Balaban J connectivity index is 2.15. The number of methoxy groups -OCH3 is 1. The first kappa shape index (κ1) is 14.5. The fourth-order valence-electron chi connectivity index (χ4n) is 2.11. The predicted octanol–water partition coefficient (Wildman–Crippen LogP) is 2.83. The quantitative estimate of drug-likeness (QED) is 0.417. The highest BCUT2D eigenvalue weighted by Crippen LogP contribution is 2.24. The Kier molecular flexibility index (Phi) is 3.63. The van der Waals surface area contributed by atoms with E-state index in [1.165, 1.54) is 42.3 Å². The molecule has 0 fully saturated rings. The third kappa shape index (κ3) is 2.69. The van der Waals surface area contributed by atoms with Gasteiger partial charge in [-0.15, -0.1) is 0 Å². The van der Waals surface area contributed by atoms with E-state index in [1.807, 2.05) is 0 Å². The van der Waals surface area contributed by atoms with Crippen molar-refractivity contribution in [1.29, 1.82) is 0 Å². The van der Waals surface area contributed by atoms with Crippen molar-refractivity contribution >= 4 is 11.7 Å². The normalized spacial score (nSPS) is 10.5. The van der Waals surface area contributed by atoms with Crippen LogP contribution in [0.3, 0.4) is 0 Å². The highest BCUT2D eigenvalue weighted by molar-refractivity contribution is 5.89. The summed E-state index contributed by atoms with van der Waals surface area (Å²) in [4.78, 5) is 22.4.